The van der Waals surface area contributed by atoms with Crippen LogP contribution in [0.4, 0.5) is 0 Å². The van der Waals surface area contributed by atoms with Crippen LogP contribution in [0.1, 0.15) is 12.5 Å². The molecule has 0 fully saturated rings. The Morgan fingerprint density at radius 2 is 1.87 bits per heavy atom. The van der Waals surface area contributed by atoms with Crippen LogP contribution in [0.3, 0.4) is 0 Å². The van der Waals surface area contributed by atoms with E-state index in [1.54, 1.807) is 54.6 Å². The number of ether oxygens (including phenoxy) is 1. The minimum Gasteiger partial charge on any atom is -0.504 e. The minimum absolute atomic E-state index is 0.0517. The van der Waals surface area contributed by atoms with Gasteiger partial charge in [0.25, 0.3) is 5.56 Å². The van der Waals surface area contributed by atoms with Crippen molar-refractivity contribution in [1.82, 2.24) is 9.66 Å². The highest BCUT2D eigenvalue weighted by Gasteiger charge is 2.15. The third-order valence-electron chi connectivity index (χ3n) is 4.51. The second-order valence-corrected chi connectivity index (χ2v) is 6.83. The van der Waals surface area contributed by atoms with Gasteiger partial charge in [-0.1, -0.05) is 41.9 Å². The number of hydrogen-bond donors (Lipinski definition) is 1. The molecule has 0 bridgehead atoms. The first-order valence-electron chi connectivity index (χ1n) is 9.36. The molecule has 0 spiro atoms. The molecular weight excluding hydrogens is 402 g/mol. The van der Waals surface area contributed by atoms with E-state index < -0.39 is 0 Å². The van der Waals surface area contributed by atoms with Crippen molar-refractivity contribution in [3.05, 3.63) is 87.7 Å². The second kappa shape index (κ2) is 8.39. The number of halogens is 1. The van der Waals surface area contributed by atoms with Crippen LogP contribution >= 0.6 is 11.6 Å². The predicted octanol–water partition coefficient (Wildman–Crippen LogP) is 4.70. The first-order chi connectivity index (χ1) is 14.6. The Labute approximate surface area is 177 Å². The van der Waals surface area contributed by atoms with Gasteiger partial charge in [0.1, 0.15) is 0 Å². The predicted molar refractivity (Wildman–Crippen MR) is 119 cm³/mol. The van der Waals surface area contributed by atoms with Crippen LogP contribution in [0, 0.1) is 0 Å². The molecule has 30 heavy (non-hydrogen) atoms. The number of nitrogens with zero attached hydrogens (tertiary/aromatic N) is 3. The van der Waals surface area contributed by atoms with Crippen molar-refractivity contribution in [1.29, 1.82) is 0 Å². The van der Waals surface area contributed by atoms with E-state index >= 15 is 0 Å². The van der Waals surface area contributed by atoms with Crippen molar-refractivity contribution < 1.29 is 9.84 Å². The Balaban J connectivity index is 1.92. The maximum Gasteiger partial charge on any atom is 0.282 e. The number of aromatic hydroxyl groups is 1. The van der Waals surface area contributed by atoms with E-state index in [1.165, 1.54) is 10.9 Å². The summed E-state index contributed by atoms with van der Waals surface area (Å²) in [5.74, 6) is 0.599. The second-order valence-electron chi connectivity index (χ2n) is 6.42. The summed E-state index contributed by atoms with van der Waals surface area (Å²) in [5, 5.41) is 15.7. The number of phenolic OH excluding ortho intramolecular Hbond substituents is 1. The number of rotatable bonds is 5. The third-order valence-corrected chi connectivity index (χ3v) is 4.84. The zero-order valence-electron chi connectivity index (χ0n) is 16.1. The number of fused-ring (bicyclic) bond motifs is 1. The standard InChI is InChI=1S/C23H18ClN3O3/c1-2-30-20-13-7-8-15(21(20)28)14-25-27-22(16-9-3-5-11-18(16)24)26-19-12-6-4-10-17(19)23(27)29/h3-14,28H,2H2,1H3/b25-14+. The topological polar surface area (TPSA) is 76.7 Å². The fourth-order valence-electron chi connectivity index (χ4n) is 3.08. The van der Waals surface area contributed by atoms with E-state index in [-0.39, 0.29) is 11.3 Å². The van der Waals surface area contributed by atoms with Gasteiger partial charge < -0.3 is 9.84 Å². The lowest BCUT2D eigenvalue weighted by Gasteiger charge is -2.11. The highest BCUT2D eigenvalue weighted by Crippen LogP contribution is 2.29. The molecule has 0 radical (unpaired) electrons. The number of hydrogen-bond acceptors (Lipinski definition) is 5. The van der Waals surface area contributed by atoms with Crippen molar-refractivity contribution in [2.75, 3.05) is 6.61 Å². The lowest BCUT2D eigenvalue weighted by Crippen LogP contribution is -2.20. The summed E-state index contributed by atoms with van der Waals surface area (Å²) >= 11 is 6.37. The fraction of sp³-hybridized carbons (Fsp3) is 0.0870. The normalized spacial score (nSPS) is 11.3. The number of benzene rings is 3. The third kappa shape index (κ3) is 3.65. The van der Waals surface area contributed by atoms with Crippen molar-refractivity contribution in [2.45, 2.75) is 6.92 Å². The maximum atomic E-state index is 13.2. The Kier molecular flexibility index (Phi) is 5.50. The van der Waals surface area contributed by atoms with Crippen molar-refractivity contribution in [2.24, 2.45) is 5.10 Å². The molecule has 1 N–H and O–H groups in total. The van der Waals surface area contributed by atoms with Gasteiger partial charge in [-0.15, -0.1) is 0 Å². The highest BCUT2D eigenvalue weighted by molar-refractivity contribution is 6.33. The molecule has 4 aromatic rings. The number of aromatic nitrogens is 2. The average molecular weight is 420 g/mol. The summed E-state index contributed by atoms with van der Waals surface area (Å²) in [6, 6.07) is 19.2. The quantitative estimate of drug-likeness (QED) is 0.475. The van der Waals surface area contributed by atoms with Gasteiger partial charge in [-0.3, -0.25) is 4.79 Å². The van der Waals surface area contributed by atoms with E-state index in [9.17, 15) is 9.90 Å². The Morgan fingerprint density at radius 1 is 1.10 bits per heavy atom. The monoisotopic (exact) mass is 419 g/mol. The van der Waals surface area contributed by atoms with Gasteiger partial charge in [-0.05, 0) is 43.3 Å². The van der Waals surface area contributed by atoms with Gasteiger partial charge in [0, 0.05) is 11.1 Å². The van der Waals surface area contributed by atoms with E-state index in [0.29, 0.717) is 45.2 Å². The van der Waals surface area contributed by atoms with Gasteiger partial charge in [0.05, 0.1) is 28.7 Å². The minimum atomic E-state index is -0.341. The number of phenols is 1. The first-order valence-corrected chi connectivity index (χ1v) is 9.73. The summed E-state index contributed by atoms with van der Waals surface area (Å²) in [6.45, 7) is 2.25. The molecule has 0 unspecified atom stereocenters. The fourth-order valence-corrected chi connectivity index (χ4v) is 3.30. The van der Waals surface area contributed by atoms with Crippen LogP contribution in [0.2, 0.25) is 5.02 Å². The van der Waals surface area contributed by atoms with E-state index in [4.69, 9.17) is 16.3 Å². The molecule has 150 valence electrons. The summed E-state index contributed by atoms with van der Waals surface area (Å²) in [4.78, 5) is 17.8. The largest absolute Gasteiger partial charge is 0.504 e. The summed E-state index contributed by atoms with van der Waals surface area (Å²) < 4.78 is 6.60. The van der Waals surface area contributed by atoms with E-state index in [1.807, 2.05) is 19.1 Å². The van der Waals surface area contributed by atoms with Gasteiger partial charge in [-0.2, -0.15) is 9.78 Å². The van der Waals surface area contributed by atoms with Gasteiger partial charge in [0.2, 0.25) is 0 Å². The maximum absolute atomic E-state index is 13.2. The molecule has 0 aliphatic rings. The van der Waals surface area contributed by atoms with Crippen LogP contribution in [0.15, 0.2) is 76.6 Å². The van der Waals surface area contributed by atoms with Gasteiger partial charge in [-0.25, -0.2) is 4.98 Å². The smallest absolute Gasteiger partial charge is 0.282 e. The van der Waals surface area contributed by atoms with Crippen molar-refractivity contribution in [3.63, 3.8) is 0 Å². The average Bonchev–Trinajstić information content (AvgIpc) is 2.76. The highest BCUT2D eigenvalue weighted by atomic mass is 35.5. The van der Waals surface area contributed by atoms with Crippen LogP contribution in [0.25, 0.3) is 22.3 Å². The summed E-state index contributed by atoms with van der Waals surface area (Å²) in [5.41, 5.74) is 1.19. The van der Waals surface area contributed by atoms with Crippen LogP contribution in [0.5, 0.6) is 11.5 Å². The molecule has 4 rings (SSSR count). The Morgan fingerprint density at radius 3 is 2.67 bits per heavy atom. The van der Waals surface area contributed by atoms with Crippen molar-refractivity contribution in [3.8, 4) is 22.9 Å². The SMILES string of the molecule is CCOc1cccc(/C=N/n2c(-c3ccccc3Cl)nc3ccccc3c2=O)c1O. The molecule has 0 aliphatic heterocycles. The Bertz CT molecular complexity index is 1310. The molecule has 0 amide bonds. The van der Waals surface area contributed by atoms with E-state index in [0.717, 1.165) is 0 Å². The van der Waals surface area contributed by atoms with Crippen molar-refractivity contribution >= 4 is 28.7 Å². The van der Waals surface area contributed by atoms with Gasteiger partial charge in [0.15, 0.2) is 17.3 Å². The molecule has 1 heterocycles. The van der Waals surface area contributed by atoms with Crippen LogP contribution in [-0.4, -0.2) is 27.6 Å². The molecule has 1 aromatic heterocycles. The molecule has 0 aliphatic carbocycles. The lowest BCUT2D eigenvalue weighted by atomic mass is 10.2. The molecule has 0 saturated carbocycles. The number of para-hydroxylation sites is 2. The lowest BCUT2D eigenvalue weighted by molar-refractivity contribution is 0.318. The molecule has 3 aromatic carbocycles. The van der Waals surface area contributed by atoms with E-state index in [2.05, 4.69) is 10.1 Å². The molecule has 6 nitrogen and oxygen atoms in total. The zero-order valence-corrected chi connectivity index (χ0v) is 16.9. The van der Waals surface area contributed by atoms with Crippen LogP contribution in [-0.2, 0) is 0 Å². The van der Waals surface area contributed by atoms with Crippen LogP contribution < -0.4 is 10.3 Å². The molecule has 0 saturated heterocycles. The summed E-state index contributed by atoms with van der Waals surface area (Å²) in [6.07, 6.45) is 1.40. The zero-order chi connectivity index (χ0) is 21.1. The molecule has 0 atom stereocenters. The molecular formula is C23H18ClN3O3. The summed E-state index contributed by atoms with van der Waals surface area (Å²) in [7, 11) is 0. The first kappa shape index (κ1) is 19.7. The molecule has 7 heteroatoms. The van der Waals surface area contributed by atoms with Gasteiger partial charge >= 0.3 is 0 Å². The Hall–Kier alpha value is -3.64.